The predicted octanol–water partition coefficient (Wildman–Crippen LogP) is 2.39. The van der Waals surface area contributed by atoms with Gasteiger partial charge in [0.25, 0.3) is 0 Å². The number of nitrogens with one attached hydrogen (secondary N) is 1. The monoisotopic (exact) mass is 154 g/mol. The van der Waals surface area contributed by atoms with E-state index in [0.717, 1.165) is 5.71 Å². The molecule has 0 spiro atoms. The molecule has 0 aliphatic rings. The molecule has 0 rings (SSSR count). The van der Waals surface area contributed by atoms with E-state index in [-0.39, 0.29) is 5.92 Å². The van der Waals surface area contributed by atoms with E-state index in [1.54, 1.807) is 7.05 Å². The first-order chi connectivity index (χ1) is 5.00. The molecule has 0 aliphatic carbocycles. The highest BCUT2D eigenvalue weighted by Crippen LogP contribution is 2.05. The summed E-state index contributed by atoms with van der Waals surface area (Å²) >= 11 is 0. The van der Waals surface area contributed by atoms with Crippen LogP contribution in [0.2, 0.25) is 0 Å². The Labute approximate surface area is 69.2 Å². The highest BCUT2D eigenvalue weighted by atomic mass is 14.7. The molecule has 0 saturated carbocycles. The van der Waals surface area contributed by atoms with Crippen LogP contribution in [-0.4, -0.2) is 18.5 Å². The van der Waals surface area contributed by atoms with Crippen molar-refractivity contribution in [1.29, 1.82) is 5.41 Å². The number of nitrogens with zero attached hydrogens (tertiary/aromatic N) is 1. The first-order valence-electron chi connectivity index (χ1n) is 4.06. The van der Waals surface area contributed by atoms with Crippen LogP contribution in [-0.2, 0) is 0 Å². The lowest BCUT2D eigenvalue weighted by atomic mass is 9.96. The molecule has 0 atom stereocenters. The average molecular weight is 154 g/mol. The maximum Gasteiger partial charge on any atom is 0.0580 e. The highest BCUT2D eigenvalue weighted by Gasteiger charge is 2.13. The topological polar surface area (TPSA) is 36.2 Å². The molecule has 1 N–H and O–H groups in total. The van der Waals surface area contributed by atoms with Crippen LogP contribution in [0.3, 0.4) is 0 Å². The standard InChI is InChI=1S/C9H18N2/c1-6(2)8(10)9(11-5)7(3)4/h6-7,10H,1-5H3/b10-8?,11-9-. The molecule has 0 aromatic rings. The number of rotatable bonds is 3. The van der Waals surface area contributed by atoms with E-state index in [1.807, 2.05) is 13.8 Å². The van der Waals surface area contributed by atoms with Crippen molar-refractivity contribution < 1.29 is 0 Å². The van der Waals surface area contributed by atoms with Gasteiger partial charge in [-0.2, -0.15) is 0 Å². The lowest BCUT2D eigenvalue weighted by Gasteiger charge is -2.13. The highest BCUT2D eigenvalue weighted by molar-refractivity contribution is 6.42. The third-order valence-electron chi connectivity index (χ3n) is 1.64. The van der Waals surface area contributed by atoms with Crippen molar-refractivity contribution >= 4 is 11.4 Å². The van der Waals surface area contributed by atoms with Gasteiger partial charge in [-0.25, -0.2) is 0 Å². The van der Waals surface area contributed by atoms with Gasteiger partial charge < -0.3 is 5.41 Å². The van der Waals surface area contributed by atoms with E-state index in [4.69, 9.17) is 5.41 Å². The van der Waals surface area contributed by atoms with Crippen LogP contribution in [0.4, 0.5) is 0 Å². The molecular weight excluding hydrogens is 136 g/mol. The second-order valence-corrected chi connectivity index (χ2v) is 3.33. The molecule has 11 heavy (non-hydrogen) atoms. The Morgan fingerprint density at radius 1 is 1.09 bits per heavy atom. The second kappa shape index (κ2) is 4.27. The van der Waals surface area contributed by atoms with Gasteiger partial charge in [-0.05, 0) is 11.8 Å². The second-order valence-electron chi connectivity index (χ2n) is 3.33. The molecule has 0 bridgehead atoms. The Morgan fingerprint density at radius 3 is 1.64 bits per heavy atom. The molecule has 0 heterocycles. The first kappa shape index (κ1) is 10.3. The van der Waals surface area contributed by atoms with Gasteiger partial charge in [0.15, 0.2) is 0 Å². The van der Waals surface area contributed by atoms with E-state index in [0.29, 0.717) is 11.6 Å². The minimum Gasteiger partial charge on any atom is -0.303 e. The molecule has 64 valence electrons. The van der Waals surface area contributed by atoms with Gasteiger partial charge in [0, 0.05) is 7.05 Å². The van der Waals surface area contributed by atoms with Crippen LogP contribution in [0.15, 0.2) is 4.99 Å². The molecule has 0 saturated heterocycles. The molecule has 2 heteroatoms. The Morgan fingerprint density at radius 2 is 1.55 bits per heavy atom. The van der Waals surface area contributed by atoms with Crippen molar-refractivity contribution in [2.45, 2.75) is 27.7 Å². The molecule has 0 fully saturated rings. The molecule has 0 radical (unpaired) electrons. The Kier molecular flexibility index (Phi) is 4.01. The Balaban J connectivity index is 4.42. The van der Waals surface area contributed by atoms with Gasteiger partial charge in [0.05, 0.1) is 11.4 Å². The van der Waals surface area contributed by atoms with Crippen molar-refractivity contribution in [2.24, 2.45) is 16.8 Å². The van der Waals surface area contributed by atoms with E-state index in [1.165, 1.54) is 0 Å². The van der Waals surface area contributed by atoms with Gasteiger partial charge >= 0.3 is 0 Å². The number of hydrogen-bond donors (Lipinski definition) is 1. The quantitative estimate of drug-likeness (QED) is 0.606. The van der Waals surface area contributed by atoms with Crippen LogP contribution < -0.4 is 0 Å². The SMILES string of the molecule is C/N=C(\C(=N)C(C)C)C(C)C. The Hall–Kier alpha value is -0.660. The smallest absolute Gasteiger partial charge is 0.0580 e. The fraction of sp³-hybridized carbons (Fsp3) is 0.778. The van der Waals surface area contributed by atoms with Gasteiger partial charge in [-0.1, -0.05) is 27.7 Å². The maximum absolute atomic E-state index is 7.70. The zero-order chi connectivity index (χ0) is 9.02. The van der Waals surface area contributed by atoms with Crippen molar-refractivity contribution in [2.75, 3.05) is 7.05 Å². The summed E-state index contributed by atoms with van der Waals surface area (Å²) in [4.78, 5) is 4.10. The van der Waals surface area contributed by atoms with Crippen molar-refractivity contribution in [3.63, 3.8) is 0 Å². The van der Waals surface area contributed by atoms with Crippen molar-refractivity contribution in [3.05, 3.63) is 0 Å². The number of hydrogen-bond acceptors (Lipinski definition) is 2. The van der Waals surface area contributed by atoms with E-state index in [2.05, 4.69) is 18.8 Å². The zero-order valence-corrected chi connectivity index (χ0v) is 8.10. The summed E-state index contributed by atoms with van der Waals surface area (Å²) in [6.45, 7) is 8.18. The van der Waals surface area contributed by atoms with Crippen LogP contribution in [0.1, 0.15) is 27.7 Å². The van der Waals surface area contributed by atoms with Crippen LogP contribution in [0.25, 0.3) is 0 Å². The average Bonchev–Trinajstić information content (AvgIpc) is 1.88. The minimum atomic E-state index is 0.288. The van der Waals surface area contributed by atoms with Gasteiger partial charge in [0.2, 0.25) is 0 Å². The van der Waals surface area contributed by atoms with Crippen molar-refractivity contribution in [1.82, 2.24) is 0 Å². The van der Waals surface area contributed by atoms with Gasteiger partial charge in [0.1, 0.15) is 0 Å². The fourth-order valence-corrected chi connectivity index (χ4v) is 0.985. The third kappa shape index (κ3) is 2.83. The van der Waals surface area contributed by atoms with Crippen LogP contribution >= 0.6 is 0 Å². The third-order valence-corrected chi connectivity index (χ3v) is 1.64. The summed E-state index contributed by atoms with van der Waals surface area (Å²) in [6.07, 6.45) is 0. The molecule has 0 aromatic heterocycles. The molecule has 0 amide bonds. The van der Waals surface area contributed by atoms with Gasteiger partial charge in [-0.3, -0.25) is 4.99 Å². The lowest BCUT2D eigenvalue weighted by molar-refractivity contribution is 0.848. The molecule has 2 nitrogen and oxygen atoms in total. The Bertz CT molecular complexity index is 166. The lowest BCUT2D eigenvalue weighted by Crippen LogP contribution is -2.23. The number of aliphatic imine (C=N–C) groups is 1. The summed E-state index contributed by atoms with van der Waals surface area (Å²) in [7, 11) is 1.76. The molecule has 0 aromatic carbocycles. The normalized spacial score (nSPS) is 12.8. The minimum absolute atomic E-state index is 0.288. The maximum atomic E-state index is 7.70. The first-order valence-corrected chi connectivity index (χ1v) is 4.06. The van der Waals surface area contributed by atoms with Crippen LogP contribution in [0, 0.1) is 17.2 Å². The van der Waals surface area contributed by atoms with E-state index < -0.39 is 0 Å². The fourth-order valence-electron chi connectivity index (χ4n) is 0.985. The summed E-state index contributed by atoms with van der Waals surface area (Å²) in [5.41, 5.74) is 1.60. The molecule has 0 aliphatic heterocycles. The molecular formula is C9H18N2. The van der Waals surface area contributed by atoms with E-state index >= 15 is 0 Å². The predicted molar refractivity (Wildman–Crippen MR) is 50.8 cm³/mol. The van der Waals surface area contributed by atoms with Crippen LogP contribution in [0.5, 0.6) is 0 Å². The van der Waals surface area contributed by atoms with E-state index in [9.17, 15) is 0 Å². The zero-order valence-electron chi connectivity index (χ0n) is 8.10. The summed E-state index contributed by atoms with van der Waals surface area (Å²) in [5.74, 6) is 0.658. The van der Waals surface area contributed by atoms with Crippen molar-refractivity contribution in [3.8, 4) is 0 Å². The summed E-state index contributed by atoms with van der Waals surface area (Å²) in [5, 5.41) is 7.70. The summed E-state index contributed by atoms with van der Waals surface area (Å²) in [6, 6.07) is 0. The summed E-state index contributed by atoms with van der Waals surface area (Å²) < 4.78 is 0. The van der Waals surface area contributed by atoms with Gasteiger partial charge in [-0.15, -0.1) is 0 Å². The molecule has 0 unspecified atom stereocenters. The largest absolute Gasteiger partial charge is 0.303 e.